The van der Waals surface area contributed by atoms with Crippen LogP contribution in [0.5, 0.6) is 0 Å². The van der Waals surface area contributed by atoms with E-state index in [1.807, 2.05) is 115 Å². The Balaban J connectivity index is 1.53. The molecule has 0 radical (unpaired) electrons. The molecule has 0 saturated carbocycles. The maximum Gasteiger partial charge on any atom is 0.322 e. The number of hydrogen-bond donors (Lipinski definition) is 1. The van der Waals surface area contributed by atoms with Gasteiger partial charge in [-0.3, -0.25) is 0 Å². The maximum absolute atomic E-state index is 13.9. The number of aromatic nitrogens is 3. The lowest BCUT2D eigenvalue weighted by atomic mass is 10.0. The maximum atomic E-state index is 13.9. The highest BCUT2D eigenvalue weighted by Crippen LogP contribution is 2.39. The number of urea groups is 1. The zero-order valence-corrected chi connectivity index (χ0v) is 21.4. The second-order valence-electron chi connectivity index (χ2n) is 9.32. The van der Waals surface area contributed by atoms with Gasteiger partial charge in [0.05, 0.1) is 29.7 Å². The van der Waals surface area contributed by atoms with E-state index in [1.165, 1.54) is 0 Å². The van der Waals surface area contributed by atoms with Gasteiger partial charge < -0.3 is 14.8 Å². The molecule has 3 heterocycles. The predicted octanol–water partition coefficient (Wildman–Crippen LogP) is 7.07. The smallest absolute Gasteiger partial charge is 0.308 e. The summed E-state index contributed by atoms with van der Waals surface area (Å²) in [6.07, 6.45) is 2.04. The van der Waals surface area contributed by atoms with Crippen molar-refractivity contribution in [2.24, 2.45) is 0 Å². The fraction of sp³-hybridized carbons (Fsp3) is 0.133. The van der Waals surface area contributed by atoms with E-state index in [0.717, 1.165) is 45.3 Å². The first-order valence-corrected chi connectivity index (χ1v) is 12.6. The standard InChI is InChI=1S/C30H26ClN5O/c1-20-10-16-24(17-11-20)32-30(37)35-19-26-21(2)33-36(25-7-4-3-5-8-25)29(26)34-18-6-9-27(34)28(35)22-12-14-23(31)15-13-22/h3-18,28H,19H2,1-2H3,(H,32,37)/t28-/m0/s1. The number of benzene rings is 3. The molecule has 1 aliphatic heterocycles. The van der Waals surface area contributed by atoms with Crippen LogP contribution in [0.15, 0.2) is 97.2 Å². The third-order valence-corrected chi connectivity index (χ3v) is 7.09. The van der Waals surface area contributed by atoms with Gasteiger partial charge in [-0.2, -0.15) is 5.10 Å². The third-order valence-electron chi connectivity index (χ3n) is 6.84. The zero-order valence-electron chi connectivity index (χ0n) is 20.6. The Bertz CT molecular complexity index is 1570. The van der Waals surface area contributed by atoms with Crippen LogP contribution in [0, 0.1) is 13.8 Å². The number of hydrogen-bond acceptors (Lipinski definition) is 2. The molecule has 6 nitrogen and oxygen atoms in total. The van der Waals surface area contributed by atoms with Crippen LogP contribution in [-0.2, 0) is 6.54 Å². The summed E-state index contributed by atoms with van der Waals surface area (Å²) in [7, 11) is 0. The zero-order chi connectivity index (χ0) is 25.5. The van der Waals surface area contributed by atoms with Crippen molar-refractivity contribution in [2.75, 3.05) is 5.32 Å². The summed E-state index contributed by atoms with van der Waals surface area (Å²) in [6, 6.07) is 29.2. The molecule has 0 bridgehead atoms. The largest absolute Gasteiger partial charge is 0.322 e. The lowest BCUT2D eigenvalue weighted by Crippen LogP contribution is -2.38. The van der Waals surface area contributed by atoms with E-state index in [-0.39, 0.29) is 12.1 Å². The van der Waals surface area contributed by atoms with Crippen LogP contribution in [0.1, 0.15) is 34.1 Å². The van der Waals surface area contributed by atoms with Crippen LogP contribution < -0.4 is 5.32 Å². The predicted molar refractivity (Wildman–Crippen MR) is 147 cm³/mol. The molecule has 184 valence electrons. The van der Waals surface area contributed by atoms with Crippen LogP contribution in [-0.4, -0.2) is 25.3 Å². The first kappa shape index (κ1) is 23.1. The van der Waals surface area contributed by atoms with E-state index in [4.69, 9.17) is 16.7 Å². The Morgan fingerprint density at radius 2 is 1.65 bits per heavy atom. The Morgan fingerprint density at radius 3 is 2.38 bits per heavy atom. The number of rotatable bonds is 3. The molecule has 6 rings (SSSR count). The van der Waals surface area contributed by atoms with Gasteiger partial charge in [0.15, 0.2) is 0 Å². The van der Waals surface area contributed by atoms with E-state index in [0.29, 0.717) is 11.6 Å². The Morgan fingerprint density at radius 1 is 0.919 bits per heavy atom. The molecule has 0 unspecified atom stereocenters. The van der Waals surface area contributed by atoms with Gasteiger partial charge >= 0.3 is 6.03 Å². The van der Waals surface area contributed by atoms with Gasteiger partial charge in [-0.1, -0.05) is 59.6 Å². The molecule has 2 aromatic heterocycles. The van der Waals surface area contributed by atoms with E-state index < -0.39 is 0 Å². The second-order valence-corrected chi connectivity index (χ2v) is 9.75. The average Bonchev–Trinajstić information content (AvgIpc) is 3.47. The summed E-state index contributed by atoms with van der Waals surface area (Å²) in [5.74, 6) is 0.938. The molecule has 1 N–H and O–H groups in total. The van der Waals surface area contributed by atoms with Gasteiger partial charge in [0, 0.05) is 22.5 Å². The minimum atomic E-state index is -0.339. The number of amides is 2. The number of fused-ring (bicyclic) bond motifs is 3. The van der Waals surface area contributed by atoms with Gasteiger partial charge in [-0.05, 0) is 67.9 Å². The molecule has 37 heavy (non-hydrogen) atoms. The molecule has 0 aliphatic carbocycles. The van der Waals surface area contributed by atoms with Crippen molar-refractivity contribution >= 4 is 23.3 Å². The summed E-state index contributed by atoms with van der Waals surface area (Å²) < 4.78 is 4.12. The minimum Gasteiger partial charge on any atom is -0.308 e. The lowest BCUT2D eigenvalue weighted by molar-refractivity contribution is 0.194. The fourth-order valence-corrected chi connectivity index (χ4v) is 5.10. The molecular formula is C30H26ClN5O. The number of carbonyl (C=O) groups excluding carboxylic acids is 1. The van der Waals surface area contributed by atoms with Gasteiger partial charge in [-0.25, -0.2) is 9.48 Å². The first-order chi connectivity index (χ1) is 18.0. The number of aryl methyl sites for hydroxylation is 2. The van der Waals surface area contributed by atoms with Gasteiger partial charge in [-0.15, -0.1) is 0 Å². The molecule has 1 atom stereocenters. The SMILES string of the molecule is Cc1ccc(NC(=O)N2Cc3c(C)nn(-c4ccccc4)c3-n3cccc3[C@@H]2c2ccc(Cl)cc2)cc1. The number of halogens is 1. The average molecular weight is 508 g/mol. The molecule has 0 saturated heterocycles. The number of nitrogens with one attached hydrogen (secondary N) is 1. The van der Waals surface area contributed by atoms with Crippen LogP contribution in [0.2, 0.25) is 5.02 Å². The quantitative estimate of drug-likeness (QED) is 0.284. The van der Waals surface area contributed by atoms with Crippen molar-refractivity contribution in [1.82, 2.24) is 19.2 Å². The van der Waals surface area contributed by atoms with Crippen LogP contribution in [0.3, 0.4) is 0 Å². The molecule has 5 aromatic rings. The van der Waals surface area contributed by atoms with Crippen molar-refractivity contribution in [3.8, 4) is 11.5 Å². The highest BCUT2D eigenvalue weighted by molar-refractivity contribution is 6.30. The molecule has 2 amide bonds. The molecular weight excluding hydrogens is 482 g/mol. The second kappa shape index (κ2) is 9.30. The van der Waals surface area contributed by atoms with E-state index in [9.17, 15) is 4.79 Å². The van der Waals surface area contributed by atoms with Crippen molar-refractivity contribution in [1.29, 1.82) is 0 Å². The Labute approximate surface area is 220 Å². The van der Waals surface area contributed by atoms with Crippen molar-refractivity contribution < 1.29 is 4.79 Å². The summed E-state index contributed by atoms with van der Waals surface area (Å²) in [5, 5.41) is 8.67. The molecule has 0 fully saturated rings. The fourth-order valence-electron chi connectivity index (χ4n) is 4.98. The topological polar surface area (TPSA) is 55.1 Å². The van der Waals surface area contributed by atoms with Crippen LogP contribution >= 0.6 is 11.6 Å². The normalized spacial score (nSPS) is 14.6. The van der Waals surface area contributed by atoms with Crippen molar-refractivity contribution in [3.63, 3.8) is 0 Å². The Hall–Kier alpha value is -4.29. The first-order valence-electron chi connectivity index (χ1n) is 12.2. The highest BCUT2D eigenvalue weighted by Gasteiger charge is 2.36. The summed E-state index contributed by atoms with van der Waals surface area (Å²) in [4.78, 5) is 15.8. The minimum absolute atomic E-state index is 0.184. The Kier molecular flexibility index (Phi) is 5.81. The van der Waals surface area contributed by atoms with Gasteiger partial charge in [0.25, 0.3) is 0 Å². The van der Waals surface area contributed by atoms with Crippen LogP contribution in [0.25, 0.3) is 11.5 Å². The monoisotopic (exact) mass is 507 g/mol. The third kappa shape index (κ3) is 4.19. The molecule has 0 spiro atoms. The van der Waals surface area contributed by atoms with E-state index >= 15 is 0 Å². The summed E-state index contributed by atoms with van der Waals surface area (Å²) in [6.45, 7) is 4.42. The van der Waals surface area contributed by atoms with Crippen molar-refractivity contribution in [3.05, 3.63) is 130 Å². The number of carbonyl (C=O) groups is 1. The number of para-hydroxylation sites is 1. The summed E-state index contributed by atoms with van der Waals surface area (Å²) >= 11 is 6.24. The van der Waals surface area contributed by atoms with Gasteiger partial charge in [0.1, 0.15) is 5.82 Å². The lowest BCUT2D eigenvalue weighted by Gasteiger charge is -2.31. The van der Waals surface area contributed by atoms with Crippen molar-refractivity contribution in [2.45, 2.75) is 26.4 Å². The molecule has 7 heteroatoms. The van der Waals surface area contributed by atoms with Crippen LogP contribution in [0.4, 0.5) is 10.5 Å². The molecule has 1 aliphatic rings. The van der Waals surface area contributed by atoms with E-state index in [2.05, 4.69) is 16.0 Å². The molecule has 3 aromatic carbocycles. The summed E-state index contributed by atoms with van der Waals surface area (Å²) in [5.41, 5.74) is 6.68. The number of anilines is 1. The van der Waals surface area contributed by atoms with E-state index in [1.54, 1.807) is 0 Å². The number of nitrogens with zero attached hydrogens (tertiary/aromatic N) is 4. The van der Waals surface area contributed by atoms with Gasteiger partial charge in [0.2, 0.25) is 0 Å². The highest BCUT2D eigenvalue weighted by atomic mass is 35.5.